The van der Waals surface area contributed by atoms with E-state index in [1.54, 1.807) is 0 Å². The SMILES string of the molecule is CN(Cc1ccn(C2CCCC2)n1)Cc1ccccc1N. The van der Waals surface area contributed by atoms with Crippen LogP contribution in [0, 0.1) is 0 Å². The molecule has 0 radical (unpaired) electrons. The molecule has 0 aliphatic heterocycles. The van der Waals surface area contributed by atoms with Crippen LogP contribution in [0.4, 0.5) is 5.69 Å². The molecule has 4 heteroatoms. The van der Waals surface area contributed by atoms with Gasteiger partial charge in [0.15, 0.2) is 0 Å². The Balaban J connectivity index is 1.60. The number of hydrogen-bond donors (Lipinski definition) is 1. The van der Waals surface area contributed by atoms with Crippen molar-refractivity contribution in [2.75, 3.05) is 12.8 Å². The van der Waals surface area contributed by atoms with E-state index < -0.39 is 0 Å². The van der Waals surface area contributed by atoms with Gasteiger partial charge in [0.05, 0.1) is 11.7 Å². The molecule has 0 spiro atoms. The van der Waals surface area contributed by atoms with Crippen LogP contribution in [0.25, 0.3) is 0 Å². The molecule has 1 saturated carbocycles. The Labute approximate surface area is 126 Å². The number of para-hydroxylation sites is 1. The van der Waals surface area contributed by atoms with E-state index in [-0.39, 0.29) is 0 Å². The smallest absolute Gasteiger partial charge is 0.0764 e. The Morgan fingerprint density at radius 2 is 1.95 bits per heavy atom. The minimum absolute atomic E-state index is 0.619. The summed E-state index contributed by atoms with van der Waals surface area (Å²) in [5.41, 5.74) is 9.18. The second-order valence-electron chi connectivity index (χ2n) is 6.10. The lowest BCUT2D eigenvalue weighted by Crippen LogP contribution is -2.18. The van der Waals surface area contributed by atoms with Crippen LogP contribution in [0.5, 0.6) is 0 Å². The third kappa shape index (κ3) is 3.45. The van der Waals surface area contributed by atoms with Crippen LogP contribution in [0.1, 0.15) is 43.0 Å². The van der Waals surface area contributed by atoms with Crippen molar-refractivity contribution in [2.24, 2.45) is 0 Å². The standard InChI is InChI=1S/C17H24N4/c1-20(12-14-6-2-5-9-17(14)18)13-15-10-11-21(19-15)16-7-3-4-8-16/h2,5-6,9-11,16H,3-4,7-8,12-13,18H2,1H3. The van der Waals surface area contributed by atoms with E-state index in [1.165, 1.54) is 31.2 Å². The largest absolute Gasteiger partial charge is 0.398 e. The molecule has 0 saturated heterocycles. The van der Waals surface area contributed by atoms with Crippen molar-refractivity contribution in [3.8, 4) is 0 Å². The summed E-state index contributed by atoms with van der Waals surface area (Å²) in [5, 5.41) is 4.74. The van der Waals surface area contributed by atoms with Gasteiger partial charge < -0.3 is 5.73 Å². The summed E-state index contributed by atoms with van der Waals surface area (Å²) < 4.78 is 2.16. The summed E-state index contributed by atoms with van der Waals surface area (Å²) in [5.74, 6) is 0. The number of nitrogens with two attached hydrogens (primary N) is 1. The number of hydrogen-bond acceptors (Lipinski definition) is 3. The maximum atomic E-state index is 6.00. The summed E-state index contributed by atoms with van der Waals surface area (Å²) >= 11 is 0. The topological polar surface area (TPSA) is 47.1 Å². The molecule has 0 unspecified atom stereocenters. The van der Waals surface area contributed by atoms with Gasteiger partial charge in [-0.3, -0.25) is 9.58 Å². The van der Waals surface area contributed by atoms with Gasteiger partial charge in [-0.2, -0.15) is 5.10 Å². The van der Waals surface area contributed by atoms with E-state index in [9.17, 15) is 0 Å². The Morgan fingerprint density at radius 3 is 2.71 bits per heavy atom. The molecule has 0 atom stereocenters. The van der Waals surface area contributed by atoms with Crippen molar-refractivity contribution in [3.63, 3.8) is 0 Å². The zero-order valence-corrected chi connectivity index (χ0v) is 12.7. The fourth-order valence-corrected chi connectivity index (χ4v) is 3.14. The van der Waals surface area contributed by atoms with Crippen molar-refractivity contribution >= 4 is 5.69 Å². The molecule has 0 bridgehead atoms. The fourth-order valence-electron chi connectivity index (χ4n) is 3.14. The summed E-state index contributed by atoms with van der Waals surface area (Å²) in [4.78, 5) is 2.26. The van der Waals surface area contributed by atoms with Crippen molar-refractivity contribution in [2.45, 2.75) is 44.8 Å². The molecule has 1 aliphatic rings. The number of rotatable bonds is 5. The second-order valence-corrected chi connectivity index (χ2v) is 6.10. The van der Waals surface area contributed by atoms with Crippen LogP contribution in [0.15, 0.2) is 36.5 Å². The average Bonchev–Trinajstić information content (AvgIpc) is 3.12. The predicted molar refractivity (Wildman–Crippen MR) is 85.8 cm³/mol. The number of aromatic nitrogens is 2. The maximum absolute atomic E-state index is 6.00. The van der Waals surface area contributed by atoms with Crippen molar-refractivity contribution < 1.29 is 0 Å². The Kier molecular flexibility index (Phi) is 4.25. The molecule has 1 aliphatic carbocycles. The maximum Gasteiger partial charge on any atom is 0.0764 e. The monoisotopic (exact) mass is 284 g/mol. The highest BCUT2D eigenvalue weighted by Gasteiger charge is 2.17. The lowest BCUT2D eigenvalue weighted by Gasteiger charge is -2.16. The second kappa shape index (κ2) is 6.31. The number of nitrogens with zero attached hydrogens (tertiary/aromatic N) is 3. The van der Waals surface area contributed by atoms with Crippen molar-refractivity contribution in [1.29, 1.82) is 0 Å². The molecule has 1 heterocycles. The summed E-state index contributed by atoms with van der Waals surface area (Å²) in [6.45, 7) is 1.71. The van der Waals surface area contributed by atoms with Crippen LogP contribution < -0.4 is 5.73 Å². The highest BCUT2D eigenvalue weighted by molar-refractivity contribution is 5.46. The van der Waals surface area contributed by atoms with E-state index in [1.807, 2.05) is 18.2 Å². The zero-order valence-electron chi connectivity index (χ0n) is 12.7. The van der Waals surface area contributed by atoms with Gasteiger partial charge in [0.1, 0.15) is 0 Å². The van der Waals surface area contributed by atoms with E-state index in [0.717, 1.165) is 24.5 Å². The molecule has 1 aromatic carbocycles. The highest BCUT2D eigenvalue weighted by Crippen LogP contribution is 2.28. The molecule has 1 aromatic heterocycles. The van der Waals surface area contributed by atoms with E-state index in [0.29, 0.717) is 6.04 Å². The highest BCUT2D eigenvalue weighted by atomic mass is 15.3. The molecular weight excluding hydrogens is 260 g/mol. The van der Waals surface area contributed by atoms with Gasteiger partial charge in [0, 0.05) is 25.0 Å². The number of nitrogen functional groups attached to an aromatic ring is 1. The van der Waals surface area contributed by atoms with Crippen LogP contribution in [0.3, 0.4) is 0 Å². The van der Waals surface area contributed by atoms with Gasteiger partial charge in [-0.25, -0.2) is 0 Å². The Bertz CT molecular complexity index is 584. The summed E-state index contributed by atoms with van der Waals surface area (Å²) in [7, 11) is 2.11. The minimum Gasteiger partial charge on any atom is -0.398 e. The molecule has 0 amide bonds. The first-order valence-electron chi connectivity index (χ1n) is 7.78. The Hall–Kier alpha value is -1.81. The molecular formula is C17H24N4. The first kappa shape index (κ1) is 14.1. The third-order valence-corrected chi connectivity index (χ3v) is 4.29. The molecule has 3 rings (SSSR count). The van der Waals surface area contributed by atoms with Gasteiger partial charge in [-0.1, -0.05) is 31.0 Å². The predicted octanol–water partition coefficient (Wildman–Crippen LogP) is 3.21. The number of benzene rings is 1. The summed E-state index contributed by atoms with van der Waals surface area (Å²) in [6, 6.07) is 10.8. The van der Waals surface area contributed by atoms with Crippen molar-refractivity contribution in [1.82, 2.24) is 14.7 Å². The first-order chi connectivity index (χ1) is 10.2. The van der Waals surface area contributed by atoms with Gasteiger partial charge in [0.25, 0.3) is 0 Å². The molecule has 112 valence electrons. The lowest BCUT2D eigenvalue weighted by atomic mass is 10.1. The molecule has 4 nitrogen and oxygen atoms in total. The molecule has 2 N–H and O–H groups in total. The van der Waals surface area contributed by atoms with Crippen LogP contribution in [-0.2, 0) is 13.1 Å². The van der Waals surface area contributed by atoms with Gasteiger partial charge in [-0.15, -0.1) is 0 Å². The van der Waals surface area contributed by atoms with Crippen molar-refractivity contribution in [3.05, 3.63) is 47.8 Å². The normalized spacial score (nSPS) is 15.9. The Morgan fingerprint density at radius 1 is 1.19 bits per heavy atom. The molecule has 1 fully saturated rings. The number of anilines is 1. The zero-order chi connectivity index (χ0) is 14.7. The molecule has 2 aromatic rings. The van der Waals surface area contributed by atoms with Gasteiger partial charge >= 0.3 is 0 Å². The van der Waals surface area contributed by atoms with E-state index in [2.05, 4.69) is 35.0 Å². The average molecular weight is 284 g/mol. The van der Waals surface area contributed by atoms with E-state index in [4.69, 9.17) is 10.8 Å². The quantitative estimate of drug-likeness (QED) is 0.858. The van der Waals surface area contributed by atoms with Gasteiger partial charge in [-0.05, 0) is 37.6 Å². The van der Waals surface area contributed by atoms with Gasteiger partial charge in [0.2, 0.25) is 0 Å². The third-order valence-electron chi connectivity index (χ3n) is 4.29. The molecule has 21 heavy (non-hydrogen) atoms. The van der Waals surface area contributed by atoms with E-state index >= 15 is 0 Å². The first-order valence-corrected chi connectivity index (χ1v) is 7.78. The summed E-state index contributed by atoms with van der Waals surface area (Å²) in [6.07, 6.45) is 7.37. The minimum atomic E-state index is 0.619. The van der Waals surface area contributed by atoms with Crippen LogP contribution >= 0.6 is 0 Å². The fraction of sp³-hybridized carbons (Fsp3) is 0.471. The van der Waals surface area contributed by atoms with Crippen LogP contribution in [0.2, 0.25) is 0 Å². The van der Waals surface area contributed by atoms with Crippen LogP contribution in [-0.4, -0.2) is 21.7 Å². The lowest BCUT2D eigenvalue weighted by molar-refractivity contribution is 0.312.